The van der Waals surface area contributed by atoms with E-state index in [-0.39, 0.29) is 22.9 Å². The Kier molecular flexibility index (Phi) is 5.67. The van der Waals surface area contributed by atoms with Gasteiger partial charge in [0.1, 0.15) is 5.75 Å². The summed E-state index contributed by atoms with van der Waals surface area (Å²) in [7, 11) is -3.67. The first-order valence-electron chi connectivity index (χ1n) is 6.77. The van der Waals surface area contributed by atoms with Crippen LogP contribution in [0.25, 0.3) is 0 Å². The quantitative estimate of drug-likeness (QED) is 0.576. The number of para-hydroxylation sites is 1. The molecule has 120 valence electrons. The molecule has 2 aromatic rings. The molecule has 0 bridgehead atoms. The Labute approximate surface area is 132 Å². The number of hydrogen-bond acceptors (Lipinski definition) is 6. The fraction of sp³-hybridized carbons (Fsp3) is 0.385. The van der Waals surface area contributed by atoms with E-state index in [4.69, 9.17) is 4.18 Å². The molecule has 1 aromatic heterocycles. The van der Waals surface area contributed by atoms with Crippen LogP contribution >= 0.6 is 11.8 Å². The van der Waals surface area contributed by atoms with E-state index >= 15 is 0 Å². The molecule has 22 heavy (non-hydrogen) atoms. The monoisotopic (exact) mass is 343 g/mol. The number of nitrogens with one attached hydrogen (secondary N) is 1. The minimum atomic E-state index is -3.67. The molecule has 0 atom stereocenters. The van der Waals surface area contributed by atoms with E-state index in [9.17, 15) is 13.2 Å². The standard InChI is InChI=1S/C13H17N3O4S2/c1-2-8-16-12(17)14-15-13(16)21-9-10-22(18,19)20-11-6-4-3-5-7-11/h3-7H,2,8-10H2,1H3,(H,14,17). The minimum absolute atomic E-state index is 0.167. The molecular weight excluding hydrogens is 326 g/mol. The van der Waals surface area contributed by atoms with Gasteiger partial charge in [0, 0.05) is 12.3 Å². The molecule has 0 amide bonds. The van der Waals surface area contributed by atoms with Crippen LogP contribution < -0.4 is 9.87 Å². The fourth-order valence-electron chi connectivity index (χ4n) is 1.73. The number of benzene rings is 1. The smallest absolute Gasteiger partial charge is 0.343 e. The molecule has 1 heterocycles. The number of aromatic amines is 1. The topological polar surface area (TPSA) is 94.0 Å². The molecule has 0 aliphatic heterocycles. The summed E-state index contributed by atoms with van der Waals surface area (Å²) in [5, 5.41) is 6.74. The van der Waals surface area contributed by atoms with Crippen molar-refractivity contribution in [2.24, 2.45) is 0 Å². The fourth-order valence-corrected chi connectivity index (χ4v) is 3.99. The Bertz CT molecular complexity index is 753. The van der Waals surface area contributed by atoms with Crippen molar-refractivity contribution < 1.29 is 12.6 Å². The van der Waals surface area contributed by atoms with E-state index in [1.54, 1.807) is 30.3 Å². The van der Waals surface area contributed by atoms with Crippen molar-refractivity contribution in [2.45, 2.75) is 25.0 Å². The third-order valence-electron chi connectivity index (χ3n) is 2.70. The van der Waals surface area contributed by atoms with Gasteiger partial charge in [-0.2, -0.15) is 8.42 Å². The van der Waals surface area contributed by atoms with E-state index in [0.717, 1.165) is 6.42 Å². The Morgan fingerprint density at radius 3 is 2.73 bits per heavy atom. The lowest BCUT2D eigenvalue weighted by molar-refractivity contribution is 0.488. The number of nitrogens with zero attached hydrogens (tertiary/aromatic N) is 2. The molecule has 0 radical (unpaired) electrons. The maximum Gasteiger partial charge on any atom is 0.343 e. The summed E-state index contributed by atoms with van der Waals surface area (Å²) in [5.41, 5.74) is -0.284. The van der Waals surface area contributed by atoms with Crippen LogP contribution in [0, 0.1) is 0 Å². The van der Waals surface area contributed by atoms with Crippen molar-refractivity contribution in [3.63, 3.8) is 0 Å². The van der Waals surface area contributed by atoms with Crippen LogP contribution in [0.2, 0.25) is 0 Å². The zero-order valence-electron chi connectivity index (χ0n) is 12.1. The number of H-pyrrole nitrogens is 1. The summed E-state index contributed by atoms with van der Waals surface area (Å²) < 4.78 is 30.2. The van der Waals surface area contributed by atoms with E-state index < -0.39 is 10.1 Å². The maximum atomic E-state index is 11.9. The first-order valence-corrected chi connectivity index (χ1v) is 9.33. The second-order valence-electron chi connectivity index (χ2n) is 4.47. The highest BCUT2D eigenvalue weighted by molar-refractivity contribution is 8.00. The Morgan fingerprint density at radius 2 is 2.05 bits per heavy atom. The van der Waals surface area contributed by atoms with Crippen LogP contribution in [-0.2, 0) is 16.7 Å². The summed E-state index contributed by atoms with van der Waals surface area (Å²) >= 11 is 1.21. The lowest BCUT2D eigenvalue weighted by Gasteiger charge is -2.07. The molecule has 0 fully saturated rings. The minimum Gasteiger partial charge on any atom is -0.382 e. The largest absolute Gasteiger partial charge is 0.382 e. The van der Waals surface area contributed by atoms with E-state index in [1.165, 1.54) is 16.3 Å². The molecular formula is C13H17N3O4S2. The first kappa shape index (κ1) is 16.6. The highest BCUT2D eigenvalue weighted by atomic mass is 32.2. The average Bonchev–Trinajstić information content (AvgIpc) is 2.81. The SMILES string of the molecule is CCCn1c(SCCS(=O)(=O)Oc2ccccc2)n[nH]c1=O. The van der Waals surface area contributed by atoms with Crippen molar-refractivity contribution in [2.75, 3.05) is 11.5 Å². The second-order valence-corrected chi connectivity index (χ2v) is 7.22. The molecule has 1 N–H and O–H groups in total. The summed E-state index contributed by atoms with van der Waals surface area (Å²) in [5.74, 6) is 0.373. The van der Waals surface area contributed by atoms with Crippen molar-refractivity contribution >= 4 is 21.9 Å². The number of rotatable bonds is 8. The van der Waals surface area contributed by atoms with Gasteiger partial charge in [0.25, 0.3) is 0 Å². The van der Waals surface area contributed by atoms with Gasteiger partial charge in [-0.15, -0.1) is 5.10 Å². The van der Waals surface area contributed by atoms with Crippen LogP contribution in [-0.4, -0.2) is 34.7 Å². The van der Waals surface area contributed by atoms with Crippen LogP contribution in [0.1, 0.15) is 13.3 Å². The van der Waals surface area contributed by atoms with Gasteiger partial charge in [-0.05, 0) is 18.6 Å². The molecule has 1 aromatic carbocycles. The molecule has 7 nitrogen and oxygen atoms in total. The van der Waals surface area contributed by atoms with Gasteiger partial charge in [-0.25, -0.2) is 9.89 Å². The van der Waals surface area contributed by atoms with Crippen molar-refractivity contribution in [3.8, 4) is 5.75 Å². The summed E-state index contributed by atoms with van der Waals surface area (Å²) in [4.78, 5) is 11.5. The third-order valence-corrected chi connectivity index (χ3v) is 5.09. The van der Waals surface area contributed by atoms with Gasteiger partial charge in [0.2, 0.25) is 0 Å². The molecule has 9 heteroatoms. The van der Waals surface area contributed by atoms with E-state index in [2.05, 4.69) is 10.2 Å². The average molecular weight is 343 g/mol. The predicted octanol–water partition coefficient (Wildman–Crippen LogP) is 1.48. The lowest BCUT2D eigenvalue weighted by Crippen LogP contribution is -2.18. The van der Waals surface area contributed by atoms with Crippen LogP contribution in [0.5, 0.6) is 5.75 Å². The third kappa shape index (κ3) is 4.63. The molecule has 0 aliphatic carbocycles. The van der Waals surface area contributed by atoms with Crippen molar-refractivity contribution in [1.29, 1.82) is 0 Å². The molecule has 2 rings (SSSR count). The molecule has 0 unspecified atom stereocenters. The van der Waals surface area contributed by atoms with Crippen LogP contribution in [0.15, 0.2) is 40.3 Å². The normalized spacial score (nSPS) is 11.5. The van der Waals surface area contributed by atoms with Gasteiger partial charge < -0.3 is 4.18 Å². The Morgan fingerprint density at radius 1 is 1.32 bits per heavy atom. The summed E-state index contributed by atoms with van der Waals surface area (Å²) in [6, 6.07) is 8.34. The van der Waals surface area contributed by atoms with Crippen LogP contribution in [0.3, 0.4) is 0 Å². The number of hydrogen-bond donors (Lipinski definition) is 1. The molecule has 0 saturated heterocycles. The summed E-state index contributed by atoms with van der Waals surface area (Å²) in [6.07, 6.45) is 0.794. The molecule has 0 spiro atoms. The second kappa shape index (κ2) is 7.50. The molecule has 0 aliphatic rings. The van der Waals surface area contributed by atoms with Crippen LogP contribution in [0.4, 0.5) is 0 Å². The number of thioether (sulfide) groups is 1. The van der Waals surface area contributed by atoms with Gasteiger partial charge in [0.15, 0.2) is 5.16 Å². The van der Waals surface area contributed by atoms with Gasteiger partial charge >= 0.3 is 15.8 Å². The molecule has 0 saturated carbocycles. The van der Waals surface area contributed by atoms with E-state index in [0.29, 0.717) is 11.7 Å². The van der Waals surface area contributed by atoms with Gasteiger partial charge in [0.05, 0.1) is 5.75 Å². The number of aromatic nitrogens is 3. The zero-order chi connectivity index (χ0) is 16.0. The Balaban J connectivity index is 1.92. The van der Waals surface area contributed by atoms with Crippen molar-refractivity contribution in [3.05, 3.63) is 40.8 Å². The summed E-state index contributed by atoms with van der Waals surface area (Å²) in [6.45, 7) is 2.50. The van der Waals surface area contributed by atoms with Crippen molar-refractivity contribution in [1.82, 2.24) is 14.8 Å². The first-order chi connectivity index (χ1) is 10.5. The lowest BCUT2D eigenvalue weighted by atomic mass is 10.3. The van der Waals surface area contributed by atoms with E-state index in [1.807, 2.05) is 6.92 Å². The van der Waals surface area contributed by atoms with Gasteiger partial charge in [-0.1, -0.05) is 36.9 Å². The Hall–Kier alpha value is -1.74. The van der Waals surface area contributed by atoms with Gasteiger partial charge in [-0.3, -0.25) is 4.57 Å². The highest BCUT2D eigenvalue weighted by Crippen LogP contribution is 2.16. The highest BCUT2D eigenvalue weighted by Gasteiger charge is 2.15. The predicted molar refractivity (Wildman–Crippen MR) is 84.7 cm³/mol. The zero-order valence-corrected chi connectivity index (χ0v) is 13.7. The maximum absolute atomic E-state index is 11.9.